The highest BCUT2D eigenvalue weighted by molar-refractivity contribution is 7.15. The fraction of sp³-hybridized carbons (Fsp3) is 0.333. The second-order valence-electron chi connectivity index (χ2n) is 5.01. The second-order valence-corrected chi connectivity index (χ2v) is 6.21. The molecule has 1 aromatic carbocycles. The molecule has 0 fully saturated rings. The molecule has 0 bridgehead atoms. The minimum atomic E-state index is -0.967. The predicted molar refractivity (Wildman–Crippen MR) is 77.8 cm³/mol. The molecule has 0 saturated carbocycles. The Hall–Kier alpha value is -1.68. The van der Waals surface area contributed by atoms with E-state index in [-0.39, 0.29) is 5.69 Å². The molecule has 2 aromatic rings. The second kappa shape index (κ2) is 5.53. The third kappa shape index (κ3) is 3.20. The Kier molecular flexibility index (Phi) is 4.00. The van der Waals surface area contributed by atoms with Gasteiger partial charge in [-0.25, -0.2) is 9.78 Å². The molecule has 1 aromatic heterocycles. The number of carbonyl (C=O) groups is 1. The monoisotopic (exact) mass is 275 g/mol. The molecule has 1 N–H and O–H groups in total. The van der Waals surface area contributed by atoms with E-state index >= 15 is 0 Å². The van der Waals surface area contributed by atoms with Crippen molar-refractivity contribution in [2.75, 3.05) is 0 Å². The van der Waals surface area contributed by atoms with Gasteiger partial charge in [0.25, 0.3) is 0 Å². The molecule has 0 spiro atoms. The van der Waals surface area contributed by atoms with Crippen molar-refractivity contribution in [1.29, 1.82) is 0 Å². The largest absolute Gasteiger partial charge is 0.476 e. The van der Waals surface area contributed by atoms with Gasteiger partial charge >= 0.3 is 5.97 Å². The smallest absolute Gasteiger partial charge is 0.356 e. The van der Waals surface area contributed by atoms with Crippen LogP contribution in [0.25, 0.3) is 10.4 Å². The van der Waals surface area contributed by atoms with Crippen molar-refractivity contribution in [2.45, 2.75) is 27.2 Å². The molecule has 19 heavy (non-hydrogen) atoms. The maximum absolute atomic E-state index is 11.2. The molecule has 0 aliphatic carbocycles. The lowest BCUT2D eigenvalue weighted by Gasteiger charge is -2.06. The van der Waals surface area contributed by atoms with Crippen LogP contribution in [0.3, 0.4) is 0 Å². The van der Waals surface area contributed by atoms with E-state index in [4.69, 9.17) is 5.11 Å². The minimum Gasteiger partial charge on any atom is -0.476 e. The number of aryl methyl sites for hydroxylation is 1. The first-order valence-corrected chi connectivity index (χ1v) is 7.09. The first-order valence-electron chi connectivity index (χ1n) is 6.27. The summed E-state index contributed by atoms with van der Waals surface area (Å²) in [5, 5.41) is 9.93. The van der Waals surface area contributed by atoms with Crippen molar-refractivity contribution in [1.82, 2.24) is 4.98 Å². The Morgan fingerprint density at radius 1 is 1.32 bits per heavy atom. The van der Waals surface area contributed by atoms with E-state index in [0.717, 1.165) is 21.9 Å². The van der Waals surface area contributed by atoms with Gasteiger partial charge in [0.2, 0.25) is 0 Å². The highest BCUT2D eigenvalue weighted by atomic mass is 32.1. The maximum atomic E-state index is 11.2. The summed E-state index contributed by atoms with van der Waals surface area (Å²) in [6.45, 7) is 6.19. The topological polar surface area (TPSA) is 50.2 Å². The van der Waals surface area contributed by atoms with Gasteiger partial charge in [-0.1, -0.05) is 38.1 Å². The molecule has 2 rings (SSSR count). The molecule has 100 valence electrons. The average molecular weight is 275 g/mol. The molecule has 0 unspecified atom stereocenters. The average Bonchev–Trinajstić information content (AvgIpc) is 2.72. The van der Waals surface area contributed by atoms with Crippen molar-refractivity contribution >= 4 is 17.3 Å². The summed E-state index contributed by atoms with van der Waals surface area (Å²) in [6, 6.07) is 8.10. The number of benzene rings is 1. The summed E-state index contributed by atoms with van der Waals surface area (Å²) in [5.74, 6) is -0.350. The Balaban J connectivity index is 2.34. The predicted octanol–water partition coefficient (Wildman–Crippen LogP) is 4.02. The van der Waals surface area contributed by atoms with Crippen LogP contribution in [0.4, 0.5) is 0 Å². The number of nitrogens with zero attached hydrogens (tertiary/aromatic N) is 1. The van der Waals surface area contributed by atoms with Crippen molar-refractivity contribution in [3.05, 3.63) is 40.5 Å². The molecule has 4 heteroatoms. The summed E-state index contributed by atoms with van der Waals surface area (Å²) in [6.07, 6.45) is 1.04. The Morgan fingerprint density at radius 2 is 1.95 bits per heavy atom. The molecule has 0 amide bonds. The molecular formula is C15H17NO2S. The summed E-state index contributed by atoms with van der Waals surface area (Å²) in [5.41, 5.74) is 2.35. The van der Waals surface area contributed by atoms with Crippen LogP contribution in [0.1, 0.15) is 34.9 Å². The summed E-state index contributed by atoms with van der Waals surface area (Å²) >= 11 is 1.42. The first kappa shape index (κ1) is 13.7. The molecule has 1 heterocycles. The van der Waals surface area contributed by atoms with E-state index in [1.165, 1.54) is 16.9 Å². The van der Waals surface area contributed by atoms with E-state index in [1.807, 2.05) is 19.1 Å². The van der Waals surface area contributed by atoms with Crippen LogP contribution in [0.15, 0.2) is 24.3 Å². The van der Waals surface area contributed by atoms with Crippen LogP contribution >= 0.6 is 11.3 Å². The molecule has 0 radical (unpaired) electrons. The standard InChI is InChI=1S/C15H17NO2S/c1-9(2)8-11-4-6-12(7-5-11)14-13(15(17)18)16-10(3)19-14/h4-7,9H,8H2,1-3H3,(H,17,18). The third-order valence-electron chi connectivity index (χ3n) is 2.80. The van der Waals surface area contributed by atoms with Gasteiger partial charge in [0, 0.05) is 0 Å². The fourth-order valence-electron chi connectivity index (χ4n) is 2.03. The molecule has 0 aliphatic heterocycles. The van der Waals surface area contributed by atoms with Gasteiger partial charge in [-0.15, -0.1) is 11.3 Å². The Bertz CT molecular complexity index is 585. The highest BCUT2D eigenvalue weighted by Crippen LogP contribution is 2.30. The Morgan fingerprint density at radius 3 is 2.47 bits per heavy atom. The van der Waals surface area contributed by atoms with E-state index in [2.05, 4.69) is 31.0 Å². The van der Waals surface area contributed by atoms with Crippen molar-refractivity contribution < 1.29 is 9.90 Å². The number of carboxylic acid groups (broad SMARTS) is 1. The fourth-order valence-corrected chi connectivity index (χ4v) is 2.95. The van der Waals surface area contributed by atoms with Gasteiger partial charge < -0.3 is 5.11 Å². The third-order valence-corrected chi connectivity index (χ3v) is 3.82. The van der Waals surface area contributed by atoms with Crippen molar-refractivity contribution in [2.24, 2.45) is 5.92 Å². The van der Waals surface area contributed by atoms with Gasteiger partial charge in [0.15, 0.2) is 5.69 Å². The van der Waals surface area contributed by atoms with Crippen molar-refractivity contribution in [3.8, 4) is 10.4 Å². The van der Waals surface area contributed by atoms with Crippen LogP contribution in [0.5, 0.6) is 0 Å². The lowest BCUT2D eigenvalue weighted by atomic mass is 10.0. The zero-order valence-corrected chi connectivity index (χ0v) is 12.1. The zero-order valence-electron chi connectivity index (χ0n) is 11.3. The Labute approximate surface area is 116 Å². The number of hydrogen-bond acceptors (Lipinski definition) is 3. The van der Waals surface area contributed by atoms with E-state index in [1.54, 1.807) is 0 Å². The van der Waals surface area contributed by atoms with Crippen molar-refractivity contribution in [3.63, 3.8) is 0 Å². The van der Waals surface area contributed by atoms with Gasteiger partial charge in [-0.05, 0) is 30.4 Å². The maximum Gasteiger partial charge on any atom is 0.356 e. The summed E-state index contributed by atoms with van der Waals surface area (Å²) in [4.78, 5) is 16.0. The minimum absolute atomic E-state index is 0.152. The van der Waals surface area contributed by atoms with Gasteiger partial charge in [-0.3, -0.25) is 0 Å². The van der Waals surface area contributed by atoms with E-state index < -0.39 is 5.97 Å². The van der Waals surface area contributed by atoms with E-state index in [9.17, 15) is 4.79 Å². The lowest BCUT2D eigenvalue weighted by molar-refractivity contribution is 0.0692. The van der Waals surface area contributed by atoms with Crippen LogP contribution in [-0.2, 0) is 6.42 Å². The number of rotatable bonds is 4. The molecule has 0 aliphatic rings. The zero-order chi connectivity index (χ0) is 14.0. The number of thiazole rings is 1. The molecular weight excluding hydrogens is 258 g/mol. The first-order chi connectivity index (χ1) is 8.97. The molecule has 0 saturated heterocycles. The van der Waals surface area contributed by atoms with Crippen LogP contribution in [-0.4, -0.2) is 16.1 Å². The molecule has 3 nitrogen and oxygen atoms in total. The van der Waals surface area contributed by atoms with Gasteiger partial charge in [-0.2, -0.15) is 0 Å². The van der Waals surface area contributed by atoms with Gasteiger partial charge in [0.1, 0.15) is 0 Å². The van der Waals surface area contributed by atoms with Crippen LogP contribution in [0.2, 0.25) is 0 Å². The molecule has 0 atom stereocenters. The quantitative estimate of drug-likeness (QED) is 0.917. The summed E-state index contributed by atoms with van der Waals surface area (Å²) in [7, 11) is 0. The lowest BCUT2D eigenvalue weighted by Crippen LogP contribution is -1.99. The van der Waals surface area contributed by atoms with Crippen LogP contribution < -0.4 is 0 Å². The van der Waals surface area contributed by atoms with E-state index in [0.29, 0.717) is 5.92 Å². The normalized spacial score (nSPS) is 10.9. The van der Waals surface area contributed by atoms with Crippen LogP contribution in [0, 0.1) is 12.8 Å². The number of aromatic carboxylic acids is 1. The number of carboxylic acids is 1. The van der Waals surface area contributed by atoms with Gasteiger partial charge in [0.05, 0.1) is 9.88 Å². The summed E-state index contributed by atoms with van der Waals surface area (Å²) < 4.78 is 0. The SMILES string of the molecule is Cc1nc(C(=O)O)c(-c2ccc(CC(C)C)cc2)s1. The number of aromatic nitrogens is 1. The highest BCUT2D eigenvalue weighted by Gasteiger charge is 2.17. The number of hydrogen-bond donors (Lipinski definition) is 1.